The van der Waals surface area contributed by atoms with Gasteiger partial charge in [-0.25, -0.2) is 0 Å². The highest BCUT2D eigenvalue weighted by Gasteiger charge is 2.18. The molecule has 0 aromatic heterocycles. The maximum atomic E-state index is 5.68. The molecule has 1 saturated heterocycles. The van der Waals surface area contributed by atoms with E-state index in [-0.39, 0.29) is 0 Å². The predicted molar refractivity (Wildman–Crippen MR) is 82.3 cm³/mol. The molecule has 0 N–H and O–H groups in total. The van der Waals surface area contributed by atoms with Crippen molar-refractivity contribution in [1.82, 2.24) is 0 Å². The van der Waals surface area contributed by atoms with Crippen molar-refractivity contribution in [3.05, 3.63) is 28.8 Å². The molecular weight excluding hydrogens is 304 g/mol. The van der Waals surface area contributed by atoms with E-state index in [2.05, 4.69) is 41.9 Å². The maximum absolute atomic E-state index is 5.68. The highest BCUT2D eigenvalue weighted by molar-refractivity contribution is 9.09. The topological polar surface area (TPSA) is 18.5 Å². The second kappa shape index (κ2) is 6.76. The van der Waals surface area contributed by atoms with Crippen LogP contribution < -0.4 is 4.74 Å². The van der Waals surface area contributed by atoms with Gasteiger partial charge in [0.2, 0.25) is 0 Å². The average Bonchev–Trinajstić information content (AvgIpc) is 2.88. The Balaban J connectivity index is 2.00. The monoisotopic (exact) mass is 326 g/mol. The SMILES string of the molecule is COc1c(C)cc(C(Br)CCC2CCCO2)cc1C. The molecule has 1 aliphatic rings. The molecule has 0 bridgehead atoms. The molecule has 3 heteroatoms. The number of hydrogen-bond acceptors (Lipinski definition) is 2. The zero-order valence-corrected chi connectivity index (χ0v) is 13.6. The fraction of sp³-hybridized carbons (Fsp3) is 0.625. The minimum atomic E-state index is 0.403. The van der Waals surface area contributed by atoms with Crippen molar-refractivity contribution in [1.29, 1.82) is 0 Å². The summed E-state index contributed by atoms with van der Waals surface area (Å²) in [4.78, 5) is 0.403. The molecule has 19 heavy (non-hydrogen) atoms. The van der Waals surface area contributed by atoms with Crippen molar-refractivity contribution in [3.63, 3.8) is 0 Å². The smallest absolute Gasteiger partial charge is 0.124 e. The Morgan fingerprint density at radius 1 is 1.37 bits per heavy atom. The fourth-order valence-corrected chi connectivity index (χ4v) is 3.39. The first-order chi connectivity index (χ1) is 9.11. The van der Waals surface area contributed by atoms with Gasteiger partial charge >= 0.3 is 0 Å². The largest absolute Gasteiger partial charge is 0.496 e. The summed E-state index contributed by atoms with van der Waals surface area (Å²) in [5.74, 6) is 1.00. The third kappa shape index (κ3) is 3.73. The second-order valence-corrected chi connectivity index (χ2v) is 6.47. The molecule has 2 rings (SSSR count). The van der Waals surface area contributed by atoms with Crippen LogP contribution in [0.5, 0.6) is 5.75 Å². The van der Waals surface area contributed by atoms with Crippen LogP contribution in [0.15, 0.2) is 12.1 Å². The van der Waals surface area contributed by atoms with Crippen molar-refractivity contribution in [2.45, 2.75) is 50.5 Å². The first kappa shape index (κ1) is 14.9. The van der Waals surface area contributed by atoms with E-state index in [4.69, 9.17) is 9.47 Å². The fourth-order valence-electron chi connectivity index (χ4n) is 2.86. The summed E-state index contributed by atoms with van der Waals surface area (Å²) in [5, 5.41) is 0. The lowest BCUT2D eigenvalue weighted by Gasteiger charge is -2.17. The van der Waals surface area contributed by atoms with E-state index in [9.17, 15) is 0 Å². The standard InChI is InChI=1S/C16H23BrO2/c1-11-9-13(10-12(2)16(11)18-3)15(17)7-6-14-5-4-8-19-14/h9-10,14-15H,4-8H2,1-3H3. The second-order valence-electron chi connectivity index (χ2n) is 5.37. The Morgan fingerprint density at radius 2 is 2.05 bits per heavy atom. The zero-order valence-electron chi connectivity index (χ0n) is 12.0. The van der Waals surface area contributed by atoms with E-state index < -0.39 is 0 Å². The van der Waals surface area contributed by atoms with E-state index in [1.165, 1.54) is 29.5 Å². The number of hydrogen-bond donors (Lipinski definition) is 0. The van der Waals surface area contributed by atoms with E-state index in [0.717, 1.165) is 25.2 Å². The van der Waals surface area contributed by atoms with Gasteiger partial charge in [0.05, 0.1) is 13.2 Å². The lowest BCUT2D eigenvalue weighted by atomic mass is 10.00. The van der Waals surface area contributed by atoms with Gasteiger partial charge in [0.15, 0.2) is 0 Å². The summed E-state index contributed by atoms with van der Waals surface area (Å²) in [6, 6.07) is 4.45. The predicted octanol–water partition coefficient (Wildman–Crippen LogP) is 4.71. The number of methoxy groups -OCH3 is 1. The maximum Gasteiger partial charge on any atom is 0.124 e. The summed E-state index contributed by atoms with van der Waals surface area (Å²) in [6.45, 7) is 5.16. The van der Waals surface area contributed by atoms with Crippen LogP contribution in [-0.4, -0.2) is 19.8 Å². The van der Waals surface area contributed by atoms with Crippen LogP contribution in [-0.2, 0) is 4.74 Å². The number of alkyl halides is 1. The van der Waals surface area contributed by atoms with E-state index in [1.54, 1.807) is 7.11 Å². The molecule has 1 fully saturated rings. The van der Waals surface area contributed by atoms with Gasteiger partial charge in [-0.2, -0.15) is 0 Å². The molecule has 1 aromatic rings. The molecule has 106 valence electrons. The van der Waals surface area contributed by atoms with E-state index in [1.807, 2.05) is 0 Å². The lowest BCUT2D eigenvalue weighted by Crippen LogP contribution is -2.06. The van der Waals surface area contributed by atoms with Crippen molar-refractivity contribution in [2.24, 2.45) is 0 Å². The number of ether oxygens (including phenoxy) is 2. The molecule has 2 atom stereocenters. The highest BCUT2D eigenvalue weighted by atomic mass is 79.9. The van der Waals surface area contributed by atoms with Crippen LogP contribution in [0.3, 0.4) is 0 Å². The van der Waals surface area contributed by atoms with Crippen LogP contribution in [0, 0.1) is 13.8 Å². The number of halogens is 1. The average molecular weight is 327 g/mol. The highest BCUT2D eigenvalue weighted by Crippen LogP contribution is 2.34. The first-order valence-electron chi connectivity index (χ1n) is 7.02. The van der Waals surface area contributed by atoms with Crippen molar-refractivity contribution < 1.29 is 9.47 Å². The van der Waals surface area contributed by atoms with Gasteiger partial charge in [-0.3, -0.25) is 0 Å². The van der Waals surface area contributed by atoms with Gasteiger partial charge in [-0.15, -0.1) is 0 Å². The van der Waals surface area contributed by atoms with Gasteiger partial charge in [0.25, 0.3) is 0 Å². The first-order valence-corrected chi connectivity index (χ1v) is 7.94. The third-order valence-electron chi connectivity index (χ3n) is 3.81. The molecule has 1 aromatic carbocycles. The zero-order chi connectivity index (χ0) is 13.8. The normalized spacial score (nSPS) is 20.5. The van der Waals surface area contributed by atoms with Gasteiger partial charge in [-0.1, -0.05) is 28.1 Å². The summed E-state index contributed by atoms with van der Waals surface area (Å²) in [6.07, 6.45) is 5.18. The Labute approximate surface area is 124 Å². The van der Waals surface area contributed by atoms with Crippen molar-refractivity contribution >= 4 is 15.9 Å². The molecule has 2 unspecified atom stereocenters. The van der Waals surface area contributed by atoms with Crippen molar-refractivity contribution in [2.75, 3.05) is 13.7 Å². The van der Waals surface area contributed by atoms with Crippen LogP contribution in [0.25, 0.3) is 0 Å². The summed E-state index contributed by atoms with van der Waals surface area (Å²) < 4.78 is 11.1. The molecule has 0 aliphatic carbocycles. The van der Waals surface area contributed by atoms with Gasteiger partial charge in [0.1, 0.15) is 5.75 Å². The Kier molecular flexibility index (Phi) is 5.28. The third-order valence-corrected chi connectivity index (χ3v) is 4.80. The lowest BCUT2D eigenvalue weighted by molar-refractivity contribution is 0.102. The molecule has 0 radical (unpaired) electrons. The molecule has 0 spiro atoms. The van der Waals surface area contributed by atoms with Gasteiger partial charge < -0.3 is 9.47 Å². The van der Waals surface area contributed by atoms with Crippen molar-refractivity contribution in [3.8, 4) is 5.75 Å². The summed E-state index contributed by atoms with van der Waals surface area (Å²) in [7, 11) is 1.73. The quantitative estimate of drug-likeness (QED) is 0.729. The van der Waals surface area contributed by atoms with Gasteiger partial charge in [-0.05, 0) is 56.2 Å². The number of benzene rings is 1. The van der Waals surface area contributed by atoms with E-state index >= 15 is 0 Å². The minimum absolute atomic E-state index is 0.403. The molecule has 1 aliphatic heterocycles. The minimum Gasteiger partial charge on any atom is -0.496 e. The number of aryl methyl sites for hydroxylation is 2. The van der Waals surface area contributed by atoms with Crippen LogP contribution in [0.2, 0.25) is 0 Å². The Hall–Kier alpha value is -0.540. The Morgan fingerprint density at radius 3 is 2.58 bits per heavy atom. The molecule has 1 heterocycles. The van der Waals surface area contributed by atoms with Crippen LogP contribution >= 0.6 is 15.9 Å². The van der Waals surface area contributed by atoms with E-state index in [0.29, 0.717) is 10.9 Å². The van der Waals surface area contributed by atoms with Crippen LogP contribution in [0.1, 0.15) is 47.2 Å². The number of rotatable bonds is 5. The molecular formula is C16H23BrO2. The summed E-state index contributed by atoms with van der Waals surface area (Å²) in [5.41, 5.74) is 3.76. The molecule has 0 saturated carbocycles. The van der Waals surface area contributed by atoms with Crippen LogP contribution in [0.4, 0.5) is 0 Å². The molecule has 0 amide bonds. The Bertz CT molecular complexity index is 402. The summed E-state index contributed by atoms with van der Waals surface area (Å²) >= 11 is 3.81. The molecule has 2 nitrogen and oxygen atoms in total. The van der Waals surface area contributed by atoms with Gasteiger partial charge in [0, 0.05) is 11.4 Å².